The Morgan fingerprint density at radius 3 is 2.33 bits per heavy atom. The second kappa shape index (κ2) is 4.84. The summed E-state index contributed by atoms with van der Waals surface area (Å²) in [5.74, 6) is 0. The van der Waals surface area contributed by atoms with Gasteiger partial charge in [0, 0.05) is 0 Å². The van der Waals surface area contributed by atoms with Crippen molar-refractivity contribution in [3.63, 3.8) is 0 Å². The van der Waals surface area contributed by atoms with Crippen LogP contribution in [0, 0.1) is 0 Å². The van der Waals surface area contributed by atoms with Gasteiger partial charge in [-0.25, -0.2) is 10.9 Å². The molecule has 0 fully saturated rings. The van der Waals surface area contributed by atoms with Crippen molar-refractivity contribution < 1.29 is 5.11 Å². The van der Waals surface area contributed by atoms with E-state index in [9.17, 15) is 0 Å². The lowest BCUT2D eigenvalue weighted by molar-refractivity contribution is 0.239. The standard InChI is InChI=1S/C2H9N3O/c3-1-4-5-2-6/h4-6H,1-3H2. The van der Waals surface area contributed by atoms with E-state index in [1.54, 1.807) is 0 Å². The predicted molar refractivity (Wildman–Crippen MR) is 22.4 cm³/mol. The van der Waals surface area contributed by atoms with Crippen molar-refractivity contribution in [1.82, 2.24) is 10.9 Å². The molecule has 0 rings (SSSR count). The molecule has 5 N–H and O–H groups in total. The average Bonchev–Trinajstić information content (AvgIpc) is 1.61. The van der Waals surface area contributed by atoms with Crippen LogP contribution in [0.4, 0.5) is 0 Å². The topological polar surface area (TPSA) is 70.3 Å². The first kappa shape index (κ1) is 5.84. The van der Waals surface area contributed by atoms with Crippen LogP contribution in [-0.2, 0) is 0 Å². The Bertz CT molecular complexity index is 20.8. The number of hydrazine groups is 1. The highest BCUT2D eigenvalue weighted by molar-refractivity contribution is 4.18. The van der Waals surface area contributed by atoms with Crippen molar-refractivity contribution >= 4 is 0 Å². The molecule has 6 heavy (non-hydrogen) atoms. The molecule has 0 saturated carbocycles. The van der Waals surface area contributed by atoms with Crippen LogP contribution in [-0.4, -0.2) is 18.5 Å². The SMILES string of the molecule is NCNNCO. The number of nitrogens with one attached hydrogen (secondary N) is 2. The third-order valence-corrected chi connectivity index (χ3v) is 0.306. The summed E-state index contributed by atoms with van der Waals surface area (Å²) in [6.07, 6.45) is 0. The number of nitrogens with two attached hydrogens (primary N) is 1. The fourth-order valence-corrected chi connectivity index (χ4v) is 0.128. The Morgan fingerprint density at radius 2 is 2.17 bits per heavy atom. The van der Waals surface area contributed by atoms with Gasteiger partial charge in [0.15, 0.2) is 0 Å². The van der Waals surface area contributed by atoms with E-state index >= 15 is 0 Å². The van der Waals surface area contributed by atoms with E-state index in [4.69, 9.17) is 10.8 Å². The van der Waals surface area contributed by atoms with Gasteiger partial charge in [-0.3, -0.25) is 0 Å². The molecule has 0 bridgehead atoms. The third-order valence-electron chi connectivity index (χ3n) is 0.306. The number of hydrogen-bond acceptors (Lipinski definition) is 4. The van der Waals surface area contributed by atoms with E-state index in [1.807, 2.05) is 0 Å². The van der Waals surface area contributed by atoms with Crippen LogP contribution in [0.5, 0.6) is 0 Å². The zero-order valence-electron chi connectivity index (χ0n) is 3.44. The zero-order valence-corrected chi connectivity index (χ0v) is 3.44. The van der Waals surface area contributed by atoms with E-state index in [2.05, 4.69) is 10.9 Å². The molecular formula is C2H9N3O. The van der Waals surface area contributed by atoms with E-state index in [0.29, 0.717) is 6.67 Å². The molecule has 0 radical (unpaired) electrons. The predicted octanol–water partition coefficient (Wildman–Crippen LogP) is -2.05. The molecule has 0 aromatic rings. The minimum atomic E-state index is -0.0861. The summed E-state index contributed by atoms with van der Waals surface area (Å²) in [6, 6.07) is 0. The first-order valence-corrected chi connectivity index (χ1v) is 1.68. The molecule has 0 atom stereocenters. The summed E-state index contributed by atoms with van der Waals surface area (Å²) < 4.78 is 0. The summed E-state index contributed by atoms with van der Waals surface area (Å²) in [4.78, 5) is 0. The van der Waals surface area contributed by atoms with Crippen molar-refractivity contribution in [3.05, 3.63) is 0 Å². The maximum Gasteiger partial charge on any atom is 0.106 e. The fourth-order valence-electron chi connectivity index (χ4n) is 0.128. The van der Waals surface area contributed by atoms with Gasteiger partial charge in [-0.15, -0.1) is 0 Å². The molecule has 0 heterocycles. The van der Waals surface area contributed by atoms with E-state index in [-0.39, 0.29) is 6.73 Å². The van der Waals surface area contributed by atoms with Crippen molar-refractivity contribution in [3.8, 4) is 0 Å². The molecule has 0 unspecified atom stereocenters. The van der Waals surface area contributed by atoms with Crippen LogP contribution in [0.15, 0.2) is 0 Å². The quantitative estimate of drug-likeness (QED) is 0.183. The number of hydrogen-bond donors (Lipinski definition) is 4. The summed E-state index contributed by atoms with van der Waals surface area (Å²) in [7, 11) is 0. The van der Waals surface area contributed by atoms with E-state index in [0.717, 1.165) is 0 Å². The van der Waals surface area contributed by atoms with E-state index in [1.165, 1.54) is 0 Å². The highest BCUT2D eigenvalue weighted by Gasteiger charge is 1.68. The Balaban J connectivity index is 2.34. The lowest BCUT2D eigenvalue weighted by Gasteiger charge is -1.95. The molecular weight excluding hydrogens is 82.0 g/mol. The van der Waals surface area contributed by atoms with Gasteiger partial charge in [-0.1, -0.05) is 0 Å². The number of rotatable bonds is 3. The van der Waals surface area contributed by atoms with Crippen molar-refractivity contribution in [2.24, 2.45) is 5.73 Å². The summed E-state index contributed by atoms with van der Waals surface area (Å²) in [6.45, 7) is 0.248. The zero-order chi connectivity index (χ0) is 4.83. The Kier molecular flexibility index (Phi) is 4.71. The minimum Gasteiger partial charge on any atom is -0.380 e. The highest BCUT2D eigenvalue weighted by atomic mass is 16.3. The first-order valence-electron chi connectivity index (χ1n) is 1.68. The van der Waals surface area contributed by atoms with Gasteiger partial charge >= 0.3 is 0 Å². The van der Waals surface area contributed by atoms with E-state index < -0.39 is 0 Å². The fraction of sp³-hybridized carbons (Fsp3) is 1.00. The van der Waals surface area contributed by atoms with Crippen LogP contribution in [0.1, 0.15) is 0 Å². The Labute approximate surface area is 36.3 Å². The summed E-state index contributed by atoms with van der Waals surface area (Å²) >= 11 is 0. The smallest absolute Gasteiger partial charge is 0.106 e. The second-order valence-electron chi connectivity index (χ2n) is 0.716. The van der Waals surface area contributed by atoms with Crippen LogP contribution in [0.2, 0.25) is 0 Å². The maximum absolute atomic E-state index is 7.97. The van der Waals surface area contributed by atoms with Gasteiger partial charge in [-0.05, 0) is 0 Å². The van der Waals surface area contributed by atoms with Gasteiger partial charge in [0.2, 0.25) is 0 Å². The summed E-state index contributed by atoms with van der Waals surface area (Å²) in [5.41, 5.74) is 9.78. The lowest BCUT2D eigenvalue weighted by atomic mass is 11.2. The van der Waals surface area contributed by atoms with Crippen molar-refractivity contribution in [1.29, 1.82) is 0 Å². The van der Waals surface area contributed by atoms with Crippen LogP contribution in [0.3, 0.4) is 0 Å². The summed E-state index contributed by atoms with van der Waals surface area (Å²) in [5, 5.41) is 7.97. The molecule has 0 spiro atoms. The molecule has 0 aliphatic rings. The molecule has 4 nitrogen and oxygen atoms in total. The highest BCUT2D eigenvalue weighted by Crippen LogP contribution is 1.32. The average molecular weight is 91.1 g/mol. The molecule has 0 saturated heterocycles. The van der Waals surface area contributed by atoms with Gasteiger partial charge in [0.25, 0.3) is 0 Å². The van der Waals surface area contributed by atoms with Crippen molar-refractivity contribution in [2.45, 2.75) is 0 Å². The lowest BCUT2D eigenvalue weighted by Crippen LogP contribution is -2.36. The maximum atomic E-state index is 7.97. The number of aliphatic hydroxyl groups excluding tert-OH is 1. The number of aliphatic hydroxyl groups is 1. The van der Waals surface area contributed by atoms with Gasteiger partial charge in [0.1, 0.15) is 6.73 Å². The molecule has 0 aliphatic carbocycles. The molecule has 0 aliphatic heterocycles. The van der Waals surface area contributed by atoms with Crippen LogP contribution >= 0.6 is 0 Å². The monoisotopic (exact) mass is 91.1 g/mol. The first-order chi connectivity index (χ1) is 2.91. The van der Waals surface area contributed by atoms with Gasteiger partial charge in [0.05, 0.1) is 6.67 Å². The molecule has 4 heteroatoms. The largest absolute Gasteiger partial charge is 0.380 e. The van der Waals surface area contributed by atoms with Crippen molar-refractivity contribution in [2.75, 3.05) is 13.4 Å². The molecule has 0 aromatic carbocycles. The Hall–Kier alpha value is -0.160. The molecule has 0 amide bonds. The Morgan fingerprint density at radius 1 is 1.50 bits per heavy atom. The molecule has 0 aromatic heterocycles. The minimum absolute atomic E-state index is 0.0861. The normalized spacial score (nSPS) is 9.00. The third kappa shape index (κ3) is 3.84. The molecule has 38 valence electrons. The van der Waals surface area contributed by atoms with Crippen LogP contribution < -0.4 is 16.6 Å². The van der Waals surface area contributed by atoms with Gasteiger partial charge in [-0.2, -0.15) is 0 Å². The van der Waals surface area contributed by atoms with Gasteiger partial charge < -0.3 is 10.8 Å². The second-order valence-corrected chi connectivity index (χ2v) is 0.716. The van der Waals surface area contributed by atoms with Crippen LogP contribution in [0.25, 0.3) is 0 Å².